The van der Waals surface area contributed by atoms with E-state index in [4.69, 9.17) is 0 Å². The Bertz CT molecular complexity index is 713. The third-order valence-corrected chi connectivity index (χ3v) is 4.34. The molecule has 0 spiro atoms. The van der Waals surface area contributed by atoms with E-state index < -0.39 is 0 Å². The minimum absolute atomic E-state index is 0.0956. The highest BCUT2D eigenvalue weighted by Gasteiger charge is 2.42. The quantitative estimate of drug-likeness (QED) is 0.822. The number of nitrogens with one attached hydrogen (secondary N) is 1. The van der Waals surface area contributed by atoms with E-state index in [9.17, 15) is 9.59 Å². The van der Waals surface area contributed by atoms with Crippen molar-refractivity contribution in [2.45, 2.75) is 19.4 Å². The molecule has 1 aromatic carbocycles. The van der Waals surface area contributed by atoms with E-state index in [0.717, 1.165) is 18.6 Å². The molecule has 1 heterocycles. The van der Waals surface area contributed by atoms with Gasteiger partial charge in [-0.1, -0.05) is 12.1 Å². The van der Waals surface area contributed by atoms with Gasteiger partial charge >= 0.3 is 0 Å². The molecule has 1 saturated carbocycles. The molecule has 0 aliphatic heterocycles. The van der Waals surface area contributed by atoms with Crippen LogP contribution >= 0.6 is 12.6 Å². The van der Waals surface area contributed by atoms with Crippen LogP contribution in [0.3, 0.4) is 0 Å². The summed E-state index contributed by atoms with van der Waals surface area (Å²) in [6.07, 6.45) is 2.13. The fourth-order valence-electron chi connectivity index (χ4n) is 2.24. The summed E-state index contributed by atoms with van der Waals surface area (Å²) in [5.41, 5.74) is -0.239. The molecular weight excluding hydrogens is 248 g/mol. The summed E-state index contributed by atoms with van der Waals surface area (Å²) in [6, 6.07) is 6.91. The number of nitrogens with zero attached hydrogens (tertiary/aromatic N) is 1. The van der Waals surface area contributed by atoms with Crippen LogP contribution in [0.2, 0.25) is 0 Å². The third-order valence-electron chi connectivity index (χ3n) is 3.67. The lowest BCUT2D eigenvalue weighted by Crippen LogP contribution is -2.33. The van der Waals surface area contributed by atoms with Gasteiger partial charge in [-0.05, 0) is 36.1 Å². The molecule has 0 unspecified atom stereocenters. The van der Waals surface area contributed by atoms with Crippen molar-refractivity contribution in [2.75, 3.05) is 5.75 Å². The van der Waals surface area contributed by atoms with Gasteiger partial charge in [0, 0.05) is 6.54 Å². The molecule has 1 aliphatic carbocycles. The van der Waals surface area contributed by atoms with Gasteiger partial charge in [0.1, 0.15) is 0 Å². The standard InChI is InChI=1S/C13H14N2O2S/c16-11-9-3-1-2-4-10(9)12(17)15(14-11)7-13(8-18)5-6-13/h1-4,18H,5-8H2,(H,14,16). The Kier molecular flexibility index (Phi) is 2.59. The number of hydrogen-bond acceptors (Lipinski definition) is 3. The van der Waals surface area contributed by atoms with Crippen LogP contribution in [0.25, 0.3) is 10.8 Å². The Balaban J connectivity index is 2.17. The maximum atomic E-state index is 12.3. The molecule has 2 aromatic rings. The van der Waals surface area contributed by atoms with Gasteiger partial charge in [0.05, 0.1) is 10.8 Å². The first-order valence-corrected chi connectivity index (χ1v) is 6.61. The molecule has 4 nitrogen and oxygen atoms in total. The summed E-state index contributed by atoms with van der Waals surface area (Å²) in [7, 11) is 0. The highest BCUT2D eigenvalue weighted by atomic mass is 32.1. The minimum Gasteiger partial charge on any atom is -0.267 e. The molecule has 0 saturated heterocycles. The monoisotopic (exact) mass is 262 g/mol. The summed E-state index contributed by atoms with van der Waals surface area (Å²) >= 11 is 4.32. The van der Waals surface area contributed by atoms with E-state index >= 15 is 0 Å². The zero-order valence-corrected chi connectivity index (χ0v) is 10.7. The van der Waals surface area contributed by atoms with Gasteiger partial charge in [0.2, 0.25) is 0 Å². The molecule has 0 radical (unpaired) electrons. The van der Waals surface area contributed by atoms with Crippen LogP contribution in [0.15, 0.2) is 33.9 Å². The van der Waals surface area contributed by atoms with Gasteiger partial charge in [-0.2, -0.15) is 12.6 Å². The van der Waals surface area contributed by atoms with E-state index in [-0.39, 0.29) is 16.5 Å². The second-order valence-corrected chi connectivity index (χ2v) is 5.35. The molecule has 0 bridgehead atoms. The van der Waals surface area contributed by atoms with Crippen LogP contribution in [-0.4, -0.2) is 15.5 Å². The number of fused-ring (bicyclic) bond motifs is 1. The number of thiol groups is 1. The fourth-order valence-corrected chi connectivity index (χ4v) is 2.65. The first-order valence-electron chi connectivity index (χ1n) is 5.98. The summed E-state index contributed by atoms with van der Waals surface area (Å²) in [5, 5.41) is 3.60. The third kappa shape index (κ3) is 1.79. The van der Waals surface area contributed by atoms with Gasteiger partial charge in [0.15, 0.2) is 0 Å². The lowest BCUT2D eigenvalue weighted by atomic mass is 10.1. The van der Waals surface area contributed by atoms with Crippen LogP contribution in [-0.2, 0) is 6.54 Å². The maximum Gasteiger partial charge on any atom is 0.273 e. The topological polar surface area (TPSA) is 54.9 Å². The first kappa shape index (κ1) is 11.6. The molecule has 5 heteroatoms. The van der Waals surface area contributed by atoms with Gasteiger partial charge in [-0.15, -0.1) is 0 Å². The Hall–Kier alpha value is -1.49. The van der Waals surface area contributed by atoms with Gasteiger partial charge in [-0.25, -0.2) is 4.68 Å². The lowest BCUT2D eigenvalue weighted by Gasteiger charge is -2.14. The van der Waals surface area contributed by atoms with Gasteiger partial charge < -0.3 is 0 Å². The predicted octanol–water partition coefficient (Wildman–Crippen LogP) is 1.40. The minimum atomic E-state index is -0.208. The zero-order valence-electron chi connectivity index (χ0n) is 9.85. The van der Waals surface area contributed by atoms with Crippen molar-refractivity contribution in [1.82, 2.24) is 9.78 Å². The second-order valence-electron chi connectivity index (χ2n) is 5.04. The first-order chi connectivity index (χ1) is 8.65. The lowest BCUT2D eigenvalue weighted by molar-refractivity contribution is 0.424. The van der Waals surface area contributed by atoms with Crippen molar-refractivity contribution < 1.29 is 0 Å². The molecule has 94 valence electrons. The number of hydrogen-bond donors (Lipinski definition) is 2. The SMILES string of the molecule is O=c1[nH]n(CC2(CS)CC2)c(=O)c2ccccc12. The number of aromatic nitrogens is 2. The number of H-pyrrole nitrogens is 1. The van der Waals surface area contributed by atoms with Crippen molar-refractivity contribution in [3.8, 4) is 0 Å². The van der Waals surface area contributed by atoms with Gasteiger partial charge in [-0.3, -0.25) is 14.7 Å². The van der Waals surface area contributed by atoms with Gasteiger partial charge in [0.25, 0.3) is 11.1 Å². The molecule has 18 heavy (non-hydrogen) atoms. The molecule has 1 fully saturated rings. The maximum absolute atomic E-state index is 12.3. The number of rotatable bonds is 3. The van der Waals surface area contributed by atoms with Crippen molar-refractivity contribution in [2.24, 2.45) is 5.41 Å². The van der Waals surface area contributed by atoms with E-state index in [0.29, 0.717) is 17.3 Å². The Labute approximate surface area is 109 Å². The molecule has 1 N–H and O–H groups in total. The fraction of sp³-hybridized carbons (Fsp3) is 0.385. The van der Waals surface area contributed by atoms with Crippen LogP contribution in [0, 0.1) is 5.41 Å². The van der Waals surface area contributed by atoms with Crippen LogP contribution in [0.5, 0.6) is 0 Å². The highest BCUT2D eigenvalue weighted by Crippen LogP contribution is 2.47. The van der Waals surface area contributed by atoms with Crippen molar-refractivity contribution in [3.63, 3.8) is 0 Å². The molecular formula is C13H14N2O2S. The molecule has 0 atom stereocenters. The average molecular weight is 262 g/mol. The Morgan fingerprint density at radius 3 is 2.50 bits per heavy atom. The van der Waals surface area contributed by atoms with Crippen LogP contribution in [0.4, 0.5) is 0 Å². The van der Waals surface area contributed by atoms with E-state index in [1.165, 1.54) is 4.68 Å². The van der Waals surface area contributed by atoms with Crippen molar-refractivity contribution >= 4 is 23.4 Å². The number of aromatic amines is 1. The Morgan fingerprint density at radius 1 is 1.22 bits per heavy atom. The summed E-state index contributed by atoms with van der Waals surface area (Å²) in [4.78, 5) is 24.2. The van der Waals surface area contributed by atoms with E-state index in [1.807, 2.05) is 0 Å². The van der Waals surface area contributed by atoms with Crippen molar-refractivity contribution in [3.05, 3.63) is 45.0 Å². The van der Waals surface area contributed by atoms with E-state index in [2.05, 4.69) is 17.7 Å². The Morgan fingerprint density at radius 2 is 1.89 bits per heavy atom. The molecule has 3 rings (SSSR count). The summed E-state index contributed by atoms with van der Waals surface area (Å²) in [6.45, 7) is 0.551. The second kappa shape index (κ2) is 4.02. The summed E-state index contributed by atoms with van der Waals surface area (Å²) in [5.74, 6) is 0.744. The smallest absolute Gasteiger partial charge is 0.267 e. The van der Waals surface area contributed by atoms with Crippen molar-refractivity contribution in [1.29, 1.82) is 0 Å². The largest absolute Gasteiger partial charge is 0.273 e. The zero-order chi connectivity index (χ0) is 12.8. The molecule has 0 amide bonds. The summed E-state index contributed by atoms with van der Waals surface area (Å²) < 4.78 is 1.44. The van der Waals surface area contributed by atoms with Crippen LogP contribution in [0.1, 0.15) is 12.8 Å². The number of benzene rings is 1. The highest BCUT2D eigenvalue weighted by molar-refractivity contribution is 7.80. The molecule has 1 aliphatic rings. The van der Waals surface area contributed by atoms with E-state index in [1.54, 1.807) is 24.3 Å². The van der Waals surface area contributed by atoms with Crippen LogP contribution < -0.4 is 11.1 Å². The predicted molar refractivity (Wildman–Crippen MR) is 74.3 cm³/mol. The normalized spacial score (nSPS) is 16.9. The molecule has 1 aromatic heterocycles. The average Bonchev–Trinajstić information content (AvgIpc) is 3.16.